The van der Waals surface area contributed by atoms with E-state index >= 15 is 0 Å². The van der Waals surface area contributed by atoms with Gasteiger partial charge in [0.05, 0.1) is 23.1 Å². The zero-order valence-electron chi connectivity index (χ0n) is 17.4. The molecule has 0 radical (unpaired) electrons. The quantitative estimate of drug-likeness (QED) is 0.494. The minimum Gasteiger partial charge on any atom is -0.477 e. The van der Waals surface area contributed by atoms with E-state index in [2.05, 4.69) is 11.4 Å². The summed E-state index contributed by atoms with van der Waals surface area (Å²) in [4.78, 5) is 23.3. The lowest BCUT2D eigenvalue weighted by Gasteiger charge is -2.20. The van der Waals surface area contributed by atoms with Crippen molar-refractivity contribution >= 4 is 29.0 Å². The molecule has 2 aliphatic rings. The average Bonchev–Trinajstić information content (AvgIpc) is 3.39. The monoisotopic (exact) mass is 458 g/mol. The summed E-state index contributed by atoms with van der Waals surface area (Å²) >= 11 is 5.82. The number of nitrogens with zero attached hydrogens (tertiary/aromatic N) is 3. The van der Waals surface area contributed by atoms with E-state index < -0.39 is 17.4 Å². The number of anilines is 1. The van der Waals surface area contributed by atoms with Crippen LogP contribution in [0.5, 0.6) is 5.75 Å². The third kappa shape index (κ3) is 4.56. The molecule has 1 aromatic carbocycles. The van der Waals surface area contributed by atoms with Gasteiger partial charge in [-0.15, -0.1) is 0 Å². The number of hydrogen-bond donors (Lipinski definition) is 1. The number of fused-ring (bicyclic) bond motifs is 1. The van der Waals surface area contributed by atoms with Crippen LogP contribution in [0.2, 0.25) is 5.02 Å². The Balaban J connectivity index is 1.55. The van der Waals surface area contributed by atoms with Gasteiger partial charge in [0.25, 0.3) is 5.91 Å². The second-order valence-electron chi connectivity index (χ2n) is 7.92. The van der Waals surface area contributed by atoms with Gasteiger partial charge in [0.15, 0.2) is 12.4 Å². The number of aromatic nitrogens is 1. The number of ether oxygens (including phenoxy) is 2. The van der Waals surface area contributed by atoms with Crippen molar-refractivity contribution in [3.05, 3.63) is 50.2 Å². The maximum absolute atomic E-state index is 12.7. The summed E-state index contributed by atoms with van der Waals surface area (Å²) in [5.74, 6) is -0.104. The summed E-state index contributed by atoms with van der Waals surface area (Å²) in [6, 6.07) is 6.24. The fourth-order valence-electron chi connectivity index (χ4n) is 4.38. The van der Waals surface area contributed by atoms with E-state index in [1.54, 1.807) is 0 Å². The lowest BCUT2D eigenvalue weighted by molar-refractivity contribution is -0.385. The smallest absolute Gasteiger partial charge is 0.312 e. The standard InChI is InChI=1S/C22H23ClN4O5/c23-14-7-8-20(19(10-14)27(29)30)32-13-21(28)25-22-17(11-24)16-5-1-2-6-18(16)26(22)12-15-4-3-9-31-15/h7-8,10,15H,1-6,9,12-13H2,(H,25,28). The van der Waals surface area contributed by atoms with E-state index in [9.17, 15) is 20.2 Å². The number of nitro groups is 1. The molecule has 32 heavy (non-hydrogen) atoms. The minimum absolute atomic E-state index is 0.0450. The van der Waals surface area contributed by atoms with E-state index in [0.717, 1.165) is 49.8 Å². The van der Waals surface area contributed by atoms with Gasteiger partial charge in [-0.1, -0.05) is 11.6 Å². The van der Waals surface area contributed by atoms with Crippen LogP contribution >= 0.6 is 11.6 Å². The van der Waals surface area contributed by atoms with Gasteiger partial charge in [-0.05, 0) is 56.2 Å². The molecular weight excluding hydrogens is 436 g/mol. The second-order valence-corrected chi connectivity index (χ2v) is 8.36. The largest absolute Gasteiger partial charge is 0.477 e. The molecule has 168 valence electrons. The van der Waals surface area contributed by atoms with Crippen LogP contribution in [0.1, 0.15) is 42.5 Å². The van der Waals surface area contributed by atoms with Crippen molar-refractivity contribution < 1.29 is 19.2 Å². The topological polar surface area (TPSA) is 119 Å². The van der Waals surface area contributed by atoms with E-state index in [1.165, 1.54) is 18.2 Å². The van der Waals surface area contributed by atoms with Crippen LogP contribution in [-0.2, 0) is 28.9 Å². The molecule has 1 aromatic heterocycles. The summed E-state index contributed by atoms with van der Waals surface area (Å²) < 4.78 is 13.2. The van der Waals surface area contributed by atoms with Crippen LogP contribution in [0, 0.1) is 21.4 Å². The number of nitrogens with one attached hydrogen (secondary N) is 1. The molecule has 0 spiro atoms. The lowest BCUT2D eigenvalue weighted by atomic mass is 9.95. The number of nitro benzene ring substituents is 1. The third-order valence-corrected chi connectivity index (χ3v) is 6.06. The Bertz CT molecular complexity index is 1080. The third-order valence-electron chi connectivity index (χ3n) is 5.83. The van der Waals surface area contributed by atoms with Gasteiger partial charge in [-0.2, -0.15) is 5.26 Å². The van der Waals surface area contributed by atoms with E-state index in [0.29, 0.717) is 24.5 Å². The van der Waals surface area contributed by atoms with Gasteiger partial charge in [0, 0.05) is 23.4 Å². The number of carbonyl (C=O) groups excluding carboxylic acids is 1. The van der Waals surface area contributed by atoms with Gasteiger partial charge >= 0.3 is 5.69 Å². The molecule has 0 bridgehead atoms. The van der Waals surface area contributed by atoms with E-state index in [-0.39, 0.29) is 22.6 Å². The lowest BCUT2D eigenvalue weighted by Crippen LogP contribution is -2.25. The zero-order chi connectivity index (χ0) is 22.7. The Hall–Kier alpha value is -3.09. The van der Waals surface area contributed by atoms with Gasteiger partial charge in [0.2, 0.25) is 0 Å². The Labute approximate surface area is 190 Å². The molecule has 1 atom stereocenters. The van der Waals surface area contributed by atoms with Crippen LogP contribution < -0.4 is 10.1 Å². The normalized spacial score (nSPS) is 17.4. The summed E-state index contributed by atoms with van der Waals surface area (Å²) in [6.45, 7) is 0.848. The van der Waals surface area contributed by atoms with Gasteiger partial charge in [-0.3, -0.25) is 14.9 Å². The zero-order valence-corrected chi connectivity index (χ0v) is 18.2. The minimum atomic E-state index is -0.617. The van der Waals surface area contributed by atoms with Crippen molar-refractivity contribution in [2.75, 3.05) is 18.5 Å². The van der Waals surface area contributed by atoms with Gasteiger partial charge in [0.1, 0.15) is 11.9 Å². The molecule has 1 unspecified atom stereocenters. The first-order chi connectivity index (χ1) is 15.5. The molecule has 1 aliphatic heterocycles. The fourth-order valence-corrected chi connectivity index (χ4v) is 4.55. The fraction of sp³-hybridized carbons (Fsp3) is 0.455. The number of hydrogen-bond acceptors (Lipinski definition) is 6. The van der Waals surface area contributed by atoms with E-state index in [1.807, 2.05) is 4.57 Å². The van der Waals surface area contributed by atoms with Crippen LogP contribution in [0.3, 0.4) is 0 Å². The van der Waals surface area contributed by atoms with Crippen LogP contribution in [0.25, 0.3) is 0 Å². The molecule has 0 saturated carbocycles. The number of halogens is 1. The van der Waals surface area contributed by atoms with Crippen molar-refractivity contribution in [1.82, 2.24) is 4.57 Å². The molecule has 10 heteroatoms. The van der Waals surface area contributed by atoms with Gasteiger partial charge in [-0.25, -0.2) is 0 Å². The van der Waals surface area contributed by atoms with Gasteiger partial charge < -0.3 is 19.4 Å². The average molecular weight is 459 g/mol. The highest BCUT2D eigenvalue weighted by atomic mass is 35.5. The first-order valence-electron chi connectivity index (χ1n) is 10.6. The van der Waals surface area contributed by atoms with Crippen molar-refractivity contribution in [2.24, 2.45) is 0 Å². The van der Waals surface area contributed by atoms with Crippen molar-refractivity contribution in [3.8, 4) is 11.8 Å². The molecule has 1 fully saturated rings. The molecule has 1 N–H and O–H groups in total. The summed E-state index contributed by atoms with van der Waals surface area (Å²) in [5.41, 5.74) is 2.22. The first kappa shape index (κ1) is 22.1. The summed E-state index contributed by atoms with van der Waals surface area (Å²) in [6.07, 6.45) is 5.66. The number of amides is 1. The summed E-state index contributed by atoms with van der Waals surface area (Å²) in [7, 11) is 0. The Morgan fingerprint density at radius 3 is 2.91 bits per heavy atom. The predicted octanol–water partition coefficient (Wildman–Crippen LogP) is 4.00. The van der Waals surface area contributed by atoms with Crippen LogP contribution in [-0.4, -0.2) is 34.7 Å². The SMILES string of the molecule is N#Cc1c2c(n(CC3CCCO3)c1NC(=O)COc1ccc(Cl)cc1[N+](=O)[O-])CCCC2. The Morgan fingerprint density at radius 2 is 2.19 bits per heavy atom. The number of benzene rings is 1. The first-order valence-corrected chi connectivity index (χ1v) is 11.0. The molecule has 1 saturated heterocycles. The second kappa shape index (κ2) is 9.59. The highest BCUT2D eigenvalue weighted by Gasteiger charge is 2.28. The number of rotatable bonds is 7. The van der Waals surface area contributed by atoms with Crippen molar-refractivity contribution in [2.45, 2.75) is 51.2 Å². The highest BCUT2D eigenvalue weighted by molar-refractivity contribution is 6.30. The molecular formula is C22H23ClN4O5. The number of nitriles is 1. The summed E-state index contributed by atoms with van der Waals surface area (Å²) in [5, 5.41) is 24.1. The van der Waals surface area contributed by atoms with Crippen molar-refractivity contribution in [1.29, 1.82) is 5.26 Å². The highest BCUT2D eigenvalue weighted by Crippen LogP contribution is 2.34. The Kier molecular flexibility index (Phi) is 6.63. The molecule has 9 nitrogen and oxygen atoms in total. The molecule has 1 amide bonds. The Morgan fingerprint density at radius 1 is 1.38 bits per heavy atom. The number of carbonyl (C=O) groups is 1. The molecule has 2 aromatic rings. The molecule has 4 rings (SSSR count). The van der Waals surface area contributed by atoms with Crippen LogP contribution in [0.15, 0.2) is 18.2 Å². The molecule has 2 heterocycles. The predicted molar refractivity (Wildman–Crippen MR) is 117 cm³/mol. The van der Waals surface area contributed by atoms with Crippen molar-refractivity contribution in [3.63, 3.8) is 0 Å². The van der Waals surface area contributed by atoms with Crippen LogP contribution in [0.4, 0.5) is 11.5 Å². The maximum atomic E-state index is 12.7. The maximum Gasteiger partial charge on any atom is 0.312 e. The molecule has 1 aliphatic carbocycles. The van der Waals surface area contributed by atoms with E-state index in [4.69, 9.17) is 21.1 Å².